The first-order chi connectivity index (χ1) is 9.79. The molecule has 2 unspecified atom stereocenters. The molecule has 4 aliphatic rings. The molecule has 1 spiro atoms. The summed E-state index contributed by atoms with van der Waals surface area (Å²) >= 11 is 1.79. The monoisotopic (exact) mass is 281 g/mol. The Balaban J connectivity index is 1.78. The summed E-state index contributed by atoms with van der Waals surface area (Å²) in [7, 11) is 0. The zero-order valence-corrected chi connectivity index (χ0v) is 11.6. The minimum atomic E-state index is 0.238. The second-order valence-electron chi connectivity index (χ2n) is 5.61. The van der Waals surface area contributed by atoms with E-state index in [1.54, 1.807) is 11.8 Å². The van der Waals surface area contributed by atoms with E-state index in [0.29, 0.717) is 0 Å². The number of benzene rings is 2. The molecule has 1 N–H and O–H groups in total. The van der Waals surface area contributed by atoms with Gasteiger partial charge in [0.15, 0.2) is 4.91 Å². The fourth-order valence-electron chi connectivity index (χ4n) is 3.70. The summed E-state index contributed by atoms with van der Waals surface area (Å²) in [5.74, 6) is 1.02. The highest BCUT2D eigenvalue weighted by Gasteiger charge is 2.61. The maximum Gasteiger partial charge on any atom is 0.319 e. The highest BCUT2D eigenvalue weighted by Crippen LogP contribution is 2.54. The lowest BCUT2D eigenvalue weighted by atomic mass is 10.1. The predicted molar refractivity (Wildman–Crippen MR) is 80.1 cm³/mol. The molecule has 0 aromatic heterocycles. The van der Waals surface area contributed by atoms with Gasteiger partial charge in [-0.15, -0.1) is 0 Å². The summed E-state index contributed by atoms with van der Waals surface area (Å²) in [5.41, 5.74) is 3.44. The number of nitrogens with one attached hydrogen (secondary N) is 1. The van der Waals surface area contributed by atoms with Crippen LogP contribution in [0.2, 0.25) is 0 Å². The Kier molecular flexibility index (Phi) is 1.96. The van der Waals surface area contributed by atoms with Gasteiger partial charge in [0.1, 0.15) is 13.1 Å². The standard InChI is InChI=1S/C16H13N2OS/c19-17-12-6-2-3-7-13(12)18-9-11-5-1-4-8-14(11)20-15(10-18)16(17)18/h1-8,17H,9-10H2/q+1. The van der Waals surface area contributed by atoms with E-state index >= 15 is 0 Å². The number of fused-ring (bicyclic) bond motifs is 1. The molecule has 2 aromatic carbocycles. The zero-order chi connectivity index (χ0) is 13.3. The first-order valence-corrected chi connectivity index (χ1v) is 7.62. The van der Waals surface area contributed by atoms with Crippen molar-refractivity contribution in [1.29, 1.82) is 0 Å². The van der Waals surface area contributed by atoms with Crippen molar-refractivity contribution in [3.8, 4) is 0 Å². The van der Waals surface area contributed by atoms with Crippen molar-refractivity contribution in [2.24, 2.45) is 0 Å². The van der Waals surface area contributed by atoms with Crippen LogP contribution in [0.1, 0.15) is 5.56 Å². The SMILES string of the molecule is [O-][NH+]1C2=C3C[N+]2(Cc2ccccc2S3)c2ccccc21. The van der Waals surface area contributed by atoms with E-state index in [-0.39, 0.29) is 5.06 Å². The minimum Gasteiger partial charge on any atom is -0.619 e. The van der Waals surface area contributed by atoms with Gasteiger partial charge in [-0.25, -0.2) is 0 Å². The molecule has 0 amide bonds. The topological polar surface area (TPSA) is 27.5 Å². The average molecular weight is 281 g/mol. The van der Waals surface area contributed by atoms with Crippen LogP contribution in [0.15, 0.2) is 64.2 Å². The molecule has 4 heteroatoms. The van der Waals surface area contributed by atoms with Crippen LogP contribution in [0.5, 0.6) is 0 Å². The summed E-state index contributed by atoms with van der Waals surface area (Å²) in [6, 6.07) is 16.6. The number of hydroxylamine groups is 1. The molecule has 4 aliphatic heterocycles. The molecule has 20 heavy (non-hydrogen) atoms. The first-order valence-electron chi connectivity index (χ1n) is 6.80. The molecule has 0 fully saturated rings. The molecule has 3 nitrogen and oxygen atoms in total. The first kappa shape index (κ1) is 11.1. The third kappa shape index (κ3) is 1.14. The Bertz CT molecular complexity index is 786. The molecule has 2 aromatic rings. The quantitative estimate of drug-likeness (QED) is 0.593. The molecule has 6 rings (SSSR count). The van der Waals surface area contributed by atoms with Crippen molar-refractivity contribution in [2.45, 2.75) is 11.4 Å². The van der Waals surface area contributed by atoms with E-state index < -0.39 is 0 Å². The van der Waals surface area contributed by atoms with Gasteiger partial charge in [0.2, 0.25) is 11.4 Å². The van der Waals surface area contributed by atoms with Crippen molar-refractivity contribution < 1.29 is 5.06 Å². The van der Waals surface area contributed by atoms with E-state index in [4.69, 9.17) is 0 Å². The summed E-state index contributed by atoms with van der Waals surface area (Å²) in [4.78, 5) is 2.57. The van der Waals surface area contributed by atoms with E-state index in [9.17, 15) is 5.21 Å². The van der Waals surface area contributed by atoms with Gasteiger partial charge in [0, 0.05) is 22.6 Å². The number of hydrogen-bond donors (Lipinski definition) is 1. The van der Waals surface area contributed by atoms with Crippen molar-refractivity contribution in [1.82, 2.24) is 4.48 Å². The van der Waals surface area contributed by atoms with Crippen molar-refractivity contribution >= 4 is 23.1 Å². The highest BCUT2D eigenvalue weighted by molar-refractivity contribution is 8.03. The molecule has 0 saturated heterocycles. The molecule has 2 bridgehead atoms. The van der Waals surface area contributed by atoms with E-state index in [1.165, 1.54) is 21.1 Å². The largest absolute Gasteiger partial charge is 0.619 e. The third-order valence-corrected chi connectivity index (χ3v) is 5.76. The lowest BCUT2D eigenvalue weighted by Gasteiger charge is -2.38. The van der Waals surface area contributed by atoms with Crippen LogP contribution in [0.25, 0.3) is 0 Å². The van der Waals surface area contributed by atoms with Crippen LogP contribution in [0, 0.1) is 5.21 Å². The number of rotatable bonds is 0. The number of hydrogen-bond acceptors (Lipinski definition) is 2. The van der Waals surface area contributed by atoms with Gasteiger partial charge in [0.25, 0.3) is 0 Å². The lowest BCUT2D eigenvalue weighted by Crippen LogP contribution is -3.02. The Morgan fingerprint density at radius 1 is 1.00 bits per heavy atom. The summed E-state index contributed by atoms with van der Waals surface area (Å²) in [5, 5.41) is 12.9. The van der Waals surface area contributed by atoms with Crippen molar-refractivity contribution in [3.05, 3.63) is 70.0 Å². The van der Waals surface area contributed by atoms with Crippen LogP contribution in [0.3, 0.4) is 0 Å². The molecular formula is C16H13N2OS+. The Labute approximate surface area is 121 Å². The summed E-state index contributed by atoms with van der Waals surface area (Å²) in [6.45, 7) is 1.88. The predicted octanol–water partition coefficient (Wildman–Crippen LogP) is 2.51. The van der Waals surface area contributed by atoms with Gasteiger partial charge >= 0.3 is 5.82 Å². The third-order valence-electron chi connectivity index (χ3n) is 4.58. The minimum absolute atomic E-state index is 0.238. The van der Waals surface area contributed by atoms with Crippen LogP contribution >= 0.6 is 11.8 Å². The van der Waals surface area contributed by atoms with E-state index in [2.05, 4.69) is 30.3 Å². The maximum absolute atomic E-state index is 12.7. The maximum atomic E-state index is 12.7. The summed E-state index contributed by atoms with van der Waals surface area (Å²) < 4.78 is 0.744. The van der Waals surface area contributed by atoms with Gasteiger partial charge in [-0.1, -0.05) is 42.1 Å². The van der Waals surface area contributed by atoms with Crippen LogP contribution in [-0.2, 0) is 6.54 Å². The molecule has 4 heterocycles. The molecular weight excluding hydrogens is 268 g/mol. The number of para-hydroxylation sites is 2. The Morgan fingerprint density at radius 3 is 2.75 bits per heavy atom. The second kappa shape index (κ2) is 3.54. The highest BCUT2D eigenvalue weighted by atomic mass is 32.2. The van der Waals surface area contributed by atoms with Crippen molar-refractivity contribution in [2.75, 3.05) is 6.54 Å². The van der Waals surface area contributed by atoms with Gasteiger partial charge in [0.05, 0.1) is 0 Å². The smallest absolute Gasteiger partial charge is 0.319 e. The Morgan fingerprint density at radius 2 is 1.80 bits per heavy atom. The van der Waals surface area contributed by atoms with E-state index in [1.807, 2.05) is 18.2 Å². The normalized spacial score (nSPS) is 29.1. The molecule has 2 atom stereocenters. The van der Waals surface area contributed by atoms with E-state index in [0.717, 1.165) is 29.1 Å². The van der Waals surface area contributed by atoms with Gasteiger partial charge < -0.3 is 5.21 Å². The molecule has 98 valence electrons. The second-order valence-corrected chi connectivity index (χ2v) is 6.75. The Hall–Kier alpha value is -1.59. The van der Waals surface area contributed by atoms with Crippen LogP contribution < -0.4 is 9.55 Å². The number of nitrogens with zero attached hydrogens (tertiary/aromatic N) is 1. The average Bonchev–Trinajstić information content (AvgIpc) is 2.63. The number of thioether (sulfide) groups is 1. The van der Waals surface area contributed by atoms with Crippen molar-refractivity contribution in [3.63, 3.8) is 0 Å². The zero-order valence-electron chi connectivity index (χ0n) is 10.8. The molecule has 0 saturated carbocycles. The fourth-order valence-corrected chi connectivity index (χ4v) is 5.02. The fraction of sp³-hybridized carbons (Fsp3) is 0.125. The number of quaternary nitrogens is 2. The van der Waals surface area contributed by atoms with Crippen LogP contribution in [0.4, 0.5) is 11.4 Å². The lowest BCUT2D eigenvalue weighted by molar-refractivity contribution is -0.736. The summed E-state index contributed by atoms with van der Waals surface area (Å²) in [6.07, 6.45) is 0. The van der Waals surface area contributed by atoms with Gasteiger partial charge in [-0.3, -0.25) is 5.06 Å². The van der Waals surface area contributed by atoms with Gasteiger partial charge in [-0.2, -0.15) is 4.48 Å². The molecule has 0 aliphatic carbocycles. The van der Waals surface area contributed by atoms with Gasteiger partial charge in [-0.05, 0) is 6.07 Å². The van der Waals surface area contributed by atoms with Crippen LogP contribution in [-0.4, -0.2) is 6.54 Å². The molecule has 0 radical (unpaired) electrons.